The molecule has 0 fully saturated rings. The van der Waals surface area contributed by atoms with E-state index in [9.17, 15) is 9.59 Å². The summed E-state index contributed by atoms with van der Waals surface area (Å²) in [6, 6.07) is -0.648. The number of amides is 1. The molecule has 102 valence electrons. The van der Waals surface area contributed by atoms with Gasteiger partial charge in [-0.1, -0.05) is 20.8 Å². The van der Waals surface area contributed by atoms with Gasteiger partial charge in [-0.15, -0.1) is 0 Å². The molecule has 0 aromatic carbocycles. The molecular weight excluding hydrogens is 222 g/mol. The summed E-state index contributed by atoms with van der Waals surface area (Å²) in [4.78, 5) is 22.5. The topological polar surface area (TPSA) is 64.6 Å². The van der Waals surface area contributed by atoms with Gasteiger partial charge in [-0.25, -0.2) is 9.59 Å². The summed E-state index contributed by atoms with van der Waals surface area (Å²) in [5.74, 6) is -0.469. The Kier molecular flexibility index (Phi) is 9.42. The number of ether oxygens (including phenoxy) is 2. The van der Waals surface area contributed by atoms with Crippen LogP contribution in [0.4, 0.5) is 4.79 Å². The molecule has 0 saturated carbocycles. The molecule has 5 heteroatoms. The average Bonchev–Trinajstić information content (AvgIpc) is 2.25. The van der Waals surface area contributed by atoms with Crippen LogP contribution in [0.25, 0.3) is 0 Å². The first-order chi connectivity index (χ1) is 7.80. The fraction of sp³-hybridized carbons (Fsp3) is 0.833. The number of hydrogen-bond donors (Lipinski definition) is 1. The van der Waals surface area contributed by atoms with Gasteiger partial charge in [0.2, 0.25) is 0 Å². The first kappa shape index (κ1) is 18.1. The molecule has 1 atom stereocenters. The second-order valence-electron chi connectivity index (χ2n) is 4.13. The second-order valence-corrected chi connectivity index (χ2v) is 4.13. The Labute approximate surface area is 104 Å². The lowest BCUT2D eigenvalue weighted by Crippen LogP contribution is -2.43. The zero-order chi connectivity index (χ0) is 14.1. The molecule has 0 aliphatic heterocycles. The van der Waals surface area contributed by atoms with Crippen LogP contribution in [0.1, 0.15) is 48.0 Å². The Morgan fingerprint density at radius 1 is 1.24 bits per heavy atom. The smallest absolute Gasteiger partial charge is 0.408 e. The van der Waals surface area contributed by atoms with Crippen LogP contribution in [0.15, 0.2) is 0 Å². The molecule has 0 rings (SSSR count). The number of carbonyl (C=O) groups is 2. The van der Waals surface area contributed by atoms with Crippen molar-refractivity contribution in [3.05, 3.63) is 0 Å². The third-order valence-corrected chi connectivity index (χ3v) is 1.58. The van der Waals surface area contributed by atoms with Gasteiger partial charge in [0.15, 0.2) is 0 Å². The Morgan fingerprint density at radius 2 is 1.71 bits per heavy atom. The van der Waals surface area contributed by atoms with E-state index in [2.05, 4.69) is 10.1 Å². The Balaban J connectivity index is 0. The van der Waals surface area contributed by atoms with E-state index >= 15 is 0 Å². The number of hydrogen-bond acceptors (Lipinski definition) is 4. The normalized spacial score (nSPS) is 11.7. The molecule has 17 heavy (non-hydrogen) atoms. The Morgan fingerprint density at radius 3 is 2.00 bits per heavy atom. The molecule has 0 aliphatic rings. The van der Waals surface area contributed by atoms with Gasteiger partial charge in [-0.05, 0) is 27.2 Å². The number of carbonyl (C=O) groups excluding carboxylic acids is 2. The van der Waals surface area contributed by atoms with Crippen molar-refractivity contribution in [3.8, 4) is 0 Å². The molecule has 1 N–H and O–H groups in total. The van der Waals surface area contributed by atoms with Gasteiger partial charge in [0, 0.05) is 0 Å². The fourth-order valence-electron chi connectivity index (χ4n) is 0.920. The molecule has 0 aromatic rings. The van der Waals surface area contributed by atoms with Crippen LogP contribution >= 0.6 is 0 Å². The molecule has 0 heterocycles. The standard InChI is InChI=1S/C10H19NO4.C2H6/c1-6-7(8(12)14-5)11-9(13)15-10(2,3)4;1-2/h7H,6H2,1-5H3,(H,11,13);1-2H3. The van der Waals surface area contributed by atoms with E-state index in [0.29, 0.717) is 6.42 Å². The van der Waals surface area contributed by atoms with E-state index in [1.165, 1.54) is 7.11 Å². The van der Waals surface area contributed by atoms with Crippen LogP contribution in [-0.2, 0) is 14.3 Å². The molecule has 1 amide bonds. The number of esters is 1. The summed E-state index contributed by atoms with van der Waals surface area (Å²) in [6.45, 7) is 11.0. The van der Waals surface area contributed by atoms with Crippen molar-refractivity contribution in [1.29, 1.82) is 0 Å². The minimum atomic E-state index is -0.648. The molecule has 0 aliphatic carbocycles. The van der Waals surface area contributed by atoms with Crippen molar-refractivity contribution >= 4 is 12.1 Å². The lowest BCUT2D eigenvalue weighted by Gasteiger charge is -2.21. The fourth-order valence-corrected chi connectivity index (χ4v) is 0.920. The maximum Gasteiger partial charge on any atom is 0.408 e. The monoisotopic (exact) mass is 247 g/mol. The van der Waals surface area contributed by atoms with E-state index in [1.807, 2.05) is 13.8 Å². The maximum absolute atomic E-state index is 11.3. The number of rotatable bonds is 3. The first-order valence-electron chi connectivity index (χ1n) is 5.87. The molecule has 1 unspecified atom stereocenters. The third kappa shape index (κ3) is 9.66. The van der Waals surface area contributed by atoms with Crippen molar-refractivity contribution in [2.75, 3.05) is 7.11 Å². The van der Waals surface area contributed by atoms with E-state index in [1.54, 1.807) is 27.7 Å². The molecule has 0 radical (unpaired) electrons. The van der Waals surface area contributed by atoms with E-state index in [-0.39, 0.29) is 0 Å². The van der Waals surface area contributed by atoms with Crippen LogP contribution < -0.4 is 5.32 Å². The molecule has 0 bridgehead atoms. The number of methoxy groups -OCH3 is 1. The van der Waals surface area contributed by atoms with Crippen LogP contribution in [0.2, 0.25) is 0 Å². The Bertz CT molecular complexity index is 233. The van der Waals surface area contributed by atoms with E-state index < -0.39 is 23.7 Å². The molecular formula is C12H25NO4. The SMILES string of the molecule is CC.CCC(NC(=O)OC(C)(C)C)C(=O)OC. The van der Waals surface area contributed by atoms with E-state index in [0.717, 1.165) is 0 Å². The summed E-state index contributed by atoms with van der Waals surface area (Å²) in [7, 11) is 1.28. The van der Waals surface area contributed by atoms with Crippen LogP contribution in [0.5, 0.6) is 0 Å². The molecule has 0 aromatic heterocycles. The summed E-state index contributed by atoms with van der Waals surface area (Å²) in [6.07, 6.45) is -0.147. The van der Waals surface area contributed by atoms with Crippen molar-refractivity contribution in [1.82, 2.24) is 5.32 Å². The third-order valence-electron chi connectivity index (χ3n) is 1.58. The maximum atomic E-state index is 11.3. The van der Waals surface area contributed by atoms with Crippen molar-refractivity contribution in [2.24, 2.45) is 0 Å². The highest BCUT2D eigenvalue weighted by Gasteiger charge is 2.23. The van der Waals surface area contributed by atoms with Gasteiger partial charge in [-0.2, -0.15) is 0 Å². The summed E-state index contributed by atoms with van der Waals surface area (Å²) >= 11 is 0. The minimum absolute atomic E-state index is 0.464. The minimum Gasteiger partial charge on any atom is -0.467 e. The second kappa shape index (κ2) is 8.84. The van der Waals surface area contributed by atoms with Gasteiger partial charge < -0.3 is 14.8 Å². The van der Waals surface area contributed by atoms with Gasteiger partial charge >= 0.3 is 12.1 Å². The lowest BCUT2D eigenvalue weighted by atomic mass is 10.2. The van der Waals surface area contributed by atoms with Crippen molar-refractivity contribution in [3.63, 3.8) is 0 Å². The molecule has 5 nitrogen and oxygen atoms in total. The van der Waals surface area contributed by atoms with Gasteiger partial charge in [0.25, 0.3) is 0 Å². The zero-order valence-electron chi connectivity index (χ0n) is 11.9. The zero-order valence-corrected chi connectivity index (χ0v) is 11.9. The first-order valence-corrected chi connectivity index (χ1v) is 5.87. The summed E-state index contributed by atoms with van der Waals surface area (Å²) < 4.78 is 9.53. The largest absolute Gasteiger partial charge is 0.467 e. The van der Waals surface area contributed by atoms with E-state index in [4.69, 9.17) is 4.74 Å². The summed E-state index contributed by atoms with van der Waals surface area (Å²) in [5.41, 5.74) is -0.571. The van der Waals surface area contributed by atoms with Gasteiger partial charge in [0.1, 0.15) is 11.6 Å². The molecule has 0 spiro atoms. The highest BCUT2D eigenvalue weighted by atomic mass is 16.6. The molecule has 0 saturated heterocycles. The predicted molar refractivity (Wildman–Crippen MR) is 66.8 cm³/mol. The highest BCUT2D eigenvalue weighted by Crippen LogP contribution is 2.07. The predicted octanol–water partition coefficient (Wildman–Crippen LogP) is 2.49. The van der Waals surface area contributed by atoms with Crippen LogP contribution in [-0.4, -0.2) is 30.8 Å². The van der Waals surface area contributed by atoms with Gasteiger partial charge in [-0.3, -0.25) is 0 Å². The van der Waals surface area contributed by atoms with Crippen LogP contribution in [0.3, 0.4) is 0 Å². The lowest BCUT2D eigenvalue weighted by molar-refractivity contribution is -0.143. The quantitative estimate of drug-likeness (QED) is 0.778. The summed E-state index contributed by atoms with van der Waals surface area (Å²) in [5, 5.41) is 2.44. The Hall–Kier alpha value is -1.26. The van der Waals surface area contributed by atoms with Crippen molar-refractivity contribution < 1.29 is 19.1 Å². The number of nitrogens with one attached hydrogen (secondary N) is 1. The van der Waals surface area contributed by atoms with Crippen LogP contribution in [0, 0.1) is 0 Å². The van der Waals surface area contributed by atoms with Gasteiger partial charge in [0.05, 0.1) is 7.11 Å². The number of alkyl carbamates (subject to hydrolysis) is 1. The average molecular weight is 247 g/mol. The van der Waals surface area contributed by atoms with Crippen molar-refractivity contribution in [2.45, 2.75) is 59.6 Å². The highest BCUT2D eigenvalue weighted by molar-refractivity contribution is 5.81.